The predicted molar refractivity (Wildman–Crippen MR) is 61.1 cm³/mol. The van der Waals surface area contributed by atoms with Crippen molar-refractivity contribution in [3.63, 3.8) is 0 Å². The summed E-state index contributed by atoms with van der Waals surface area (Å²) in [6.45, 7) is 1.92. The van der Waals surface area contributed by atoms with Crippen molar-refractivity contribution in [3.05, 3.63) is 0 Å². The fraction of sp³-hybridized carbons (Fsp3) is 0.889. The monoisotopic (exact) mass is 239 g/mol. The van der Waals surface area contributed by atoms with Crippen LogP contribution in [0, 0.1) is 0 Å². The number of rotatable bonds is 7. The fourth-order valence-corrected chi connectivity index (χ4v) is 1.81. The smallest absolute Gasteiger partial charge is 0.220 e. The van der Waals surface area contributed by atoms with Gasteiger partial charge in [0.1, 0.15) is 0 Å². The Hall–Kier alpha value is -0.0900. The average Bonchev–Trinajstić information content (AvgIpc) is 2.11. The second-order valence-electron chi connectivity index (χ2n) is 3.33. The number of nitrogens with one attached hydrogen (secondary N) is 1. The second kappa shape index (κ2) is 8.24. The summed E-state index contributed by atoms with van der Waals surface area (Å²) < 4.78 is 10.8. The van der Waals surface area contributed by atoms with Gasteiger partial charge in [-0.3, -0.25) is 9.00 Å². The van der Waals surface area contributed by atoms with Crippen LogP contribution in [0.3, 0.4) is 0 Å². The van der Waals surface area contributed by atoms with E-state index in [0.717, 1.165) is 6.42 Å². The first-order valence-electron chi connectivity index (χ1n) is 4.71. The zero-order chi connectivity index (χ0) is 11.0. The van der Waals surface area contributed by atoms with Crippen LogP contribution in [0.1, 0.15) is 26.2 Å². The van der Waals surface area contributed by atoms with Crippen molar-refractivity contribution in [3.8, 4) is 0 Å². The van der Waals surface area contributed by atoms with Crippen LogP contribution in [0.4, 0.5) is 0 Å². The van der Waals surface area contributed by atoms with Gasteiger partial charge in [-0.1, -0.05) is 0 Å². The van der Waals surface area contributed by atoms with Crippen LogP contribution in [0.5, 0.6) is 0 Å². The molecule has 0 bridgehead atoms. The Balaban J connectivity index is 3.55. The molecule has 0 saturated carbocycles. The highest BCUT2D eigenvalue weighted by Crippen LogP contribution is 1.96. The minimum absolute atomic E-state index is 0.0278. The second-order valence-corrected chi connectivity index (χ2v) is 5.26. The maximum Gasteiger partial charge on any atom is 0.220 e. The van der Waals surface area contributed by atoms with Gasteiger partial charge in [-0.25, -0.2) is 0 Å². The van der Waals surface area contributed by atoms with Gasteiger partial charge in [0, 0.05) is 41.2 Å². The lowest BCUT2D eigenvalue weighted by molar-refractivity contribution is -0.121. The molecule has 3 nitrogen and oxygen atoms in total. The molecule has 1 N–H and O–H groups in total. The third-order valence-electron chi connectivity index (χ3n) is 1.78. The van der Waals surface area contributed by atoms with Crippen LogP contribution in [0.25, 0.3) is 0 Å². The molecule has 84 valence electrons. The minimum atomic E-state index is -0.779. The maximum absolute atomic E-state index is 11.2. The van der Waals surface area contributed by atoms with Crippen molar-refractivity contribution in [1.82, 2.24) is 5.32 Å². The van der Waals surface area contributed by atoms with Gasteiger partial charge in [0.2, 0.25) is 5.91 Å². The van der Waals surface area contributed by atoms with Gasteiger partial charge in [0.15, 0.2) is 0 Å². The molecule has 0 aliphatic rings. The molecule has 5 heteroatoms. The van der Waals surface area contributed by atoms with Crippen LogP contribution in [0.2, 0.25) is 0 Å². The number of carbonyl (C=O) groups excluding carboxylic acids is 1. The molecule has 0 spiro atoms. The van der Waals surface area contributed by atoms with Gasteiger partial charge in [-0.2, -0.15) is 0 Å². The van der Waals surface area contributed by atoms with Crippen molar-refractivity contribution in [1.29, 1.82) is 0 Å². The largest absolute Gasteiger partial charge is 0.354 e. The van der Waals surface area contributed by atoms with Crippen LogP contribution in [-0.2, 0) is 15.6 Å². The van der Waals surface area contributed by atoms with Gasteiger partial charge in [-0.15, -0.1) is 11.6 Å². The van der Waals surface area contributed by atoms with Gasteiger partial charge < -0.3 is 5.32 Å². The number of amides is 1. The molecule has 0 rings (SSSR count). The SMILES string of the molecule is CC(CCS(C)=O)NC(=O)CCCCl. The van der Waals surface area contributed by atoms with E-state index in [4.69, 9.17) is 11.6 Å². The molecular weight excluding hydrogens is 222 g/mol. The lowest BCUT2D eigenvalue weighted by Crippen LogP contribution is -2.33. The van der Waals surface area contributed by atoms with Crippen molar-refractivity contribution in [2.24, 2.45) is 0 Å². The summed E-state index contributed by atoms with van der Waals surface area (Å²) in [5, 5.41) is 2.84. The van der Waals surface area contributed by atoms with Gasteiger partial charge in [0.25, 0.3) is 0 Å². The highest BCUT2D eigenvalue weighted by molar-refractivity contribution is 7.84. The maximum atomic E-state index is 11.2. The summed E-state index contributed by atoms with van der Waals surface area (Å²) >= 11 is 5.46. The molecule has 0 fully saturated rings. The Labute approximate surface area is 93.0 Å². The predicted octanol–water partition coefficient (Wildman–Crippen LogP) is 1.28. The summed E-state index contributed by atoms with van der Waals surface area (Å²) in [4.78, 5) is 11.2. The van der Waals surface area contributed by atoms with E-state index in [1.807, 2.05) is 6.92 Å². The zero-order valence-corrected chi connectivity index (χ0v) is 10.3. The van der Waals surface area contributed by atoms with Crippen LogP contribution in [0.15, 0.2) is 0 Å². The summed E-state index contributed by atoms with van der Waals surface area (Å²) in [5.74, 6) is 1.18. The van der Waals surface area contributed by atoms with E-state index in [2.05, 4.69) is 5.32 Å². The Kier molecular flexibility index (Phi) is 8.18. The third-order valence-corrected chi connectivity index (χ3v) is 2.86. The van der Waals surface area contributed by atoms with E-state index in [1.54, 1.807) is 6.26 Å². The van der Waals surface area contributed by atoms with Crippen LogP contribution < -0.4 is 5.32 Å². The van der Waals surface area contributed by atoms with Crippen molar-refractivity contribution >= 4 is 28.3 Å². The quantitative estimate of drug-likeness (QED) is 0.681. The highest BCUT2D eigenvalue weighted by Gasteiger charge is 2.07. The fourth-order valence-electron chi connectivity index (χ4n) is 0.989. The lowest BCUT2D eigenvalue weighted by atomic mass is 10.2. The first-order valence-corrected chi connectivity index (χ1v) is 6.97. The first-order chi connectivity index (χ1) is 6.56. The minimum Gasteiger partial charge on any atom is -0.354 e. The molecule has 1 amide bonds. The number of carbonyl (C=O) groups is 1. The van der Waals surface area contributed by atoms with Crippen LogP contribution >= 0.6 is 11.6 Å². The summed E-state index contributed by atoms with van der Waals surface area (Å²) in [6, 6.07) is 0.0988. The molecule has 2 unspecified atom stereocenters. The van der Waals surface area contributed by atoms with E-state index in [9.17, 15) is 9.00 Å². The molecule has 0 saturated heterocycles. The molecule has 0 aliphatic carbocycles. The Morgan fingerprint density at radius 3 is 2.71 bits per heavy atom. The Bertz CT molecular complexity index is 199. The summed E-state index contributed by atoms with van der Waals surface area (Å²) in [6.07, 6.45) is 3.61. The van der Waals surface area contributed by atoms with E-state index >= 15 is 0 Å². The highest BCUT2D eigenvalue weighted by atomic mass is 35.5. The Morgan fingerprint density at radius 2 is 2.21 bits per heavy atom. The molecule has 14 heavy (non-hydrogen) atoms. The standard InChI is InChI=1S/C9H18ClNO2S/c1-8(5-7-14(2)13)11-9(12)4-3-6-10/h8H,3-7H2,1-2H3,(H,11,12). The van der Waals surface area contributed by atoms with E-state index in [1.165, 1.54) is 0 Å². The molecular formula is C9H18ClNO2S. The van der Waals surface area contributed by atoms with Gasteiger partial charge in [-0.05, 0) is 19.8 Å². The molecule has 0 aliphatic heterocycles. The summed E-state index contributed by atoms with van der Waals surface area (Å²) in [5.41, 5.74) is 0. The van der Waals surface area contributed by atoms with Crippen LogP contribution in [-0.4, -0.2) is 34.0 Å². The molecule has 2 atom stereocenters. The molecule has 0 heterocycles. The average molecular weight is 240 g/mol. The normalized spacial score (nSPS) is 14.8. The van der Waals surface area contributed by atoms with Gasteiger partial charge in [0.05, 0.1) is 0 Å². The molecule has 0 aromatic carbocycles. The van der Waals surface area contributed by atoms with E-state index in [-0.39, 0.29) is 11.9 Å². The van der Waals surface area contributed by atoms with Crippen molar-refractivity contribution < 1.29 is 9.00 Å². The number of hydrogen-bond acceptors (Lipinski definition) is 2. The zero-order valence-electron chi connectivity index (χ0n) is 8.72. The van der Waals surface area contributed by atoms with Crippen molar-refractivity contribution in [2.45, 2.75) is 32.2 Å². The third kappa shape index (κ3) is 8.51. The molecule has 0 aromatic heterocycles. The Morgan fingerprint density at radius 1 is 1.57 bits per heavy atom. The first kappa shape index (κ1) is 13.9. The van der Waals surface area contributed by atoms with E-state index in [0.29, 0.717) is 24.5 Å². The van der Waals surface area contributed by atoms with E-state index < -0.39 is 10.8 Å². The van der Waals surface area contributed by atoms with Gasteiger partial charge >= 0.3 is 0 Å². The topological polar surface area (TPSA) is 46.2 Å². The number of halogens is 1. The van der Waals surface area contributed by atoms with Crippen molar-refractivity contribution in [2.75, 3.05) is 17.9 Å². The number of alkyl halides is 1. The molecule has 0 radical (unpaired) electrons. The lowest BCUT2D eigenvalue weighted by Gasteiger charge is -2.12. The summed E-state index contributed by atoms with van der Waals surface area (Å²) in [7, 11) is -0.779. The molecule has 0 aromatic rings. The number of hydrogen-bond donors (Lipinski definition) is 1.